The molecule has 0 bridgehead atoms. The van der Waals surface area contributed by atoms with Crippen molar-refractivity contribution in [3.8, 4) is 10.4 Å². The van der Waals surface area contributed by atoms with Crippen LogP contribution in [0.4, 0.5) is 0 Å². The minimum absolute atomic E-state index is 0.0459. The largest absolute Gasteiger partial charge is 0.250 e. The summed E-state index contributed by atoms with van der Waals surface area (Å²) in [5, 5.41) is 0.659. The zero-order valence-corrected chi connectivity index (χ0v) is 17.5. The molecule has 1 N–H and O–H groups in total. The molecule has 26 heavy (non-hydrogen) atoms. The van der Waals surface area contributed by atoms with E-state index in [0.29, 0.717) is 9.23 Å². The third-order valence-corrected chi connectivity index (χ3v) is 8.21. The Kier molecular flexibility index (Phi) is 4.96. The van der Waals surface area contributed by atoms with E-state index in [0.717, 1.165) is 26.9 Å². The molecule has 1 fully saturated rings. The van der Waals surface area contributed by atoms with Gasteiger partial charge in [-0.15, -0.1) is 11.3 Å². The van der Waals surface area contributed by atoms with E-state index >= 15 is 0 Å². The number of hydrogen-bond acceptors (Lipinski definition) is 3. The summed E-state index contributed by atoms with van der Waals surface area (Å²) in [6.45, 7) is 0. The summed E-state index contributed by atoms with van der Waals surface area (Å²) in [5.41, 5.74) is 2.11. The van der Waals surface area contributed by atoms with Gasteiger partial charge in [0.1, 0.15) is 4.21 Å². The Morgan fingerprint density at radius 3 is 2.58 bits per heavy atom. The monoisotopic (exact) mass is 467 g/mol. The first-order valence-electron chi connectivity index (χ1n) is 8.06. The number of rotatable bonds is 5. The highest BCUT2D eigenvalue weighted by molar-refractivity contribution is 9.10. The number of halogens is 2. The van der Waals surface area contributed by atoms with Crippen LogP contribution in [0.2, 0.25) is 5.02 Å². The van der Waals surface area contributed by atoms with Crippen LogP contribution in [0.1, 0.15) is 17.9 Å². The average Bonchev–Trinajstić information content (AvgIpc) is 3.16. The molecule has 0 amide bonds. The molecule has 3 aromatic rings. The van der Waals surface area contributed by atoms with Gasteiger partial charge in [0, 0.05) is 26.3 Å². The van der Waals surface area contributed by atoms with Gasteiger partial charge < -0.3 is 0 Å². The summed E-state index contributed by atoms with van der Waals surface area (Å²) in [5.74, 6) is 0.234. The molecule has 4 rings (SSSR count). The van der Waals surface area contributed by atoms with Gasteiger partial charge in [0.2, 0.25) is 10.0 Å². The van der Waals surface area contributed by atoms with Gasteiger partial charge in [-0.3, -0.25) is 0 Å². The van der Waals surface area contributed by atoms with E-state index in [9.17, 15) is 8.42 Å². The predicted molar refractivity (Wildman–Crippen MR) is 110 cm³/mol. The molecular formula is C19H15BrClNO2S2. The summed E-state index contributed by atoms with van der Waals surface area (Å²) in [6, 6.07) is 18.9. The lowest BCUT2D eigenvalue weighted by molar-refractivity contribution is 0.582. The molecule has 0 unspecified atom stereocenters. The average molecular weight is 469 g/mol. The summed E-state index contributed by atoms with van der Waals surface area (Å²) >= 11 is 10.6. The Hall–Kier alpha value is -1.18. The minimum Gasteiger partial charge on any atom is -0.207 e. The van der Waals surface area contributed by atoms with E-state index in [1.807, 2.05) is 42.5 Å². The summed E-state index contributed by atoms with van der Waals surface area (Å²) in [4.78, 5) is 0.904. The molecule has 7 heteroatoms. The maximum absolute atomic E-state index is 12.7. The van der Waals surface area contributed by atoms with Crippen molar-refractivity contribution in [3.63, 3.8) is 0 Å². The van der Waals surface area contributed by atoms with Crippen LogP contribution < -0.4 is 4.72 Å². The van der Waals surface area contributed by atoms with Gasteiger partial charge in [-0.05, 0) is 53.9 Å². The van der Waals surface area contributed by atoms with Crippen LogP contribution >= 0.6 is 38.9 Å². The quantitative estimate of drug-likeness (QED) is 0.525. The molecule has 1 heterocycles. The first-order chi connectivity index (χ1) is 12.4. The van der Waals surface area contributed by atoms with Crippen LogP contribution in [0.3, 0.4) is 0 Å². The van der Waals surface area contributed by atoms with Crippen LogP contribution in [0.25, 0.3) is 10.4 Å². The zero-order valence-electron chi connectivity index (χ0n) is 13.5. The van der Waals surface area contributed by atoms with E-state index < -0.39 is 10.0 Å². The molecule has 0 radical (unpaired) electrons. The SMILES string of the molecule is O=S(=O)(N[C@H]1C[C@@H]1c1cccc(Br)c1)c1ccc(-c2ccc(Cl)cc2)s1. The van der Waals surface area contributed by atoms with Gasteiger partial charge in [-0.25, -0.2) is 13.1 Å². The van der Waals surface area contributed by atoms with Crippen LogP contribution in [0.5, 0.6) is 0 Å². The maximum atomic E-state index is 12.7. The van der Waals surface area contributed by atoms with E-state index in [4.69, 9.17) is 11.6 Å². The first-order valence-corrected chi connectivity index (χ1v) is 11.5. The lowest BCUT2D eigenvalue weighted by atomic mass is 10.1. The standard InChI is InChI=1S/C19H15BrClNO2S2/c20-14-3-1-2-13(10-14)16-11-17(16)22-26(23,24)19-9-8-18(25-19)12-4-6-15(21)7-5-12/h1-10,16-17,22H,11H2/t16-,17+/m1/s1. The highest BCUT2D eigenvalue weighted by atomic mass is 79.9. The van der Waals surface area contributed by atoms with Crippen molar-refractivity contribution in [1.29, 1.82) is 0 Å². The molecule has 0 spiro atoms. The van der Waals surface area contributed by atoms with Crippen LogP contribution in [0.15, 0.2) is 69.3 Å². The second kappa shape index (κ2) is 7.09. The number of thiophene rings is 1. The van der Waals surface area contributed by atoms with Crippen molar-refractivity contribution >= 4 is 48.9 Å². The molecule has 2 atom stereocenters. The summed E-state index contributed by atoms with van der Waals surface area (Å²) in [6.07, 6.45) is 0.825. The van der Waals surface area contributed by atoms with E-state index in [2.05, 4.69) is 20.7 Å². The fourth-order valence-corrected chi connectivity index (χ4v) is 6.08. The van der Waals surface area contributed by atoms with Crippen LogP contribution in [0, 0.1) is 0 Å². The third-order valence-electron chi connectivity index (χ3n) is 4.35. The number of hydrogen-bond donors (Lipinski definition) is 1. The Bertz CT molecular complexity index is 1050. The van der Waals surface area contributed by atoms with Gasteiger partial charge in [0.15, 0.2) is 0 Å². The van der Waals surface area contributed by atoms with Crippen LogP contribution in [-0.4, -0.2) is 14.5 Å². The molecular weight excluding hydrogens is 454 g/mol. The topological polar surface area (TPSA) is 46.2 Å². The predicted octanol–water partition coefficient (Wildman–Crippen LogP) is 5.67. The molecule has 1 aliphatic carbocycles. The summed E-state index contributed by atoms with van der Waals surface area (Å²) in [7, 11) is -3.51. The van der Waals surface area contributed by atoms with Crippen molar-refractivity contribution in [2.24, 2.45) is 0 Å². The van der Waals surface area contributed by atoms with Crippen molar-refractivity contribution in [1.82, 2.24) is 4.72 Å². The van der Waals surface area contributed by atoms with E-state index in [-0.39, 0.29) is 12.0 Å². The van der Waals surface area contributed by atoms with E-state index in [1.54, 1.807) is 18.2 Å². The van der Waals surface area contributed by atoms with Crippen molar-refractivity contribution in [2.75, 3.05) is 0 Å². The van der Waals surface area contributed by atoms with E-state index in [1.165, 1.54) is 11.3 Å². The normalized spacial score (nSPS) is 19.5. The lowest BCUT2D eigenvalue weighted by Crippen LogP contribution is -2.26. The molecule has 1 aliphatic rings. The second-order valence-electron chi connectivity index (χ2n) is 6.25. The number of sulfonamides is 1. The second-order valence-corrected chi connectivity index (χ2v) is 10.6. The Labute approximate surface area is 170 Å². The molecule has 134 valence electrons. The Morgan fingerprint density at radius 2 is 1.85 bits per heavy atom. The highest BCUT2D eigenvalue weighted by Gasteiger charge is 2.41. The fourth-order valence-electron chi connectivity index (χ4n) is 2.92. The highest BCUT2D eigenvalue weighted by Crippen LogP contribution is 2.42. The Balaban J connectivity index is 1.49. The molecule has 0 aliphatic heterocycles. The van der Waals surface area contributed by atoms with Crippen molar-refractivity contribution in [2.45, 2.75) is 22.6 Å². The lowest BCUT2D eigenvalue weighted by Gasteiger charge is -2.05. The number of nitrogens with one attached hydrogen (secondary N) is 1. The van der Waals surface area contributed by atoms with Crippen molar-refractivity contribution in [3.05, 3.63) is 75.7 Å². The van der Waals surface area contributed by atoms with Gasteiger partial charge >= 0.3 is 0 Å². The molecule has 0 saturated heterocycles. The Morgan fingerprint density at radius 1 is 1.08 bits per heavy atom. The summed E-state index contributed by atoms with van der Waals surface area (Å²) < 4.78 is 29.6. The zero-order chi connectivity index (χ0) is 18.3. The van der Waals surface area contributed by atoms with Gasteiger partial charge in [-0.1, -0.05) is 51.8 Å². The van der Waals surface area contributed by atoms with Gasteiger partial charge in [0.05, 0.1) is 0 Å². The van der Waals surface area contributed by atoms with Gasteiger partial charge in [-0.2, -0.15) is 0 Å². The molecule has 3 nitrogen and oxygen atoms in total. The smallest absolute Gasteiger partial charge is 0.207 e. The molecule has 1 aromatic heterocycles. The minimum atomic E-state index is -3.51. The van der Waals surface area contributed by atoms with Gasteiger partial charge in [0.25, 0.3) is 0 Å². The third kappa shape index (κ3) is 3.89. The molecule has 2 aromatic carbocycles. The number of benzene rings is 2. The molecule has 1 saturated carbocycles. The van der Waals surface area contributed by atoms with Crippen molar-refractivity contribution < 1.29 is 8.42 Å². The first kappa shape index (κ1) is 18.2. The maximum Gasteiger partial charge on any atom is 0.250 e. The fraction of sp³-hybridized carbons (Fsp3) is 0.158. The van der Waals surface area contributed by atoms with Crippen LogP contribution in [-0.2, 0) is 10.0 Å².